The summed E-state index contributed by atoms with van der Waals surface area (Å²) in [7, 11) is 2.20. The molecule has 1 fully saturated rings. The molecule has 132 valence electrons. The summed E-state index contributed by atoms with van der Waals surface area (Å²) in [5.41, 5.74) is 7.50. The van der Waals surface area contributed by atoms with Gasteiger partial charge >= 0.3 is 0 Å². The van der Waals surface area contributed by atoms with Gasteiger partial charge in [0.1, 0.15) is 0 Å². The van der Waals surface area contributed by atoms with Crippen molar-refractivity contribution in [2.24, 2.45) is 0 Å². The molecule has 1 aliphatic carbocycles. The lowest BCUT2D eigenvalue weighted by Crippen LogP contribution is -2.44. The van der Waals surface area contributed by atoms with Crippen LogP contribution in [0.1, 0.15) is 11.1 Å². The molecule has 0 amide bonds. The van der Waals surface area contributed by atoms with E-state index >= 15 is 0 Å². The van der Waals surface area contributed by atoms with Crippen LogP contribution in [-0.4, -0.2) is 48.3 Å². The average molecular weight is 345 g/mol. The molecule has 0 atom stereocenters. The first-order valence-corrected chi connectivity index (χ1v) is 9.24. The molecule has 1 aromatic heterocycles. The third kappa shape index (κ3) is 2.65. The number of aromatic nitrogens is 2. The maximum absolute atomic E-state index is 4.50. The van der Waals surface area contributed by atoms with Crippen molar-refractivity contribution in [3.63, 3.8) is 0 Å². The molecular weight excluding hydrogens is 322 g/mol. The standard InChI is InChI=1S/C21H23N5/c1-25-9-11-26(12-10-25)17-7-8-18-15(13-17)14-19-20(18)23-24-21(19)22-16-5-3-2-4-6-16/h2-8,13H,9-12,14H2,1H3,(H2,22,23,24). The Morgan fingerprint density at radius 2 is 1.81 bits per heavy atom. The second-order valence-corrected chi connectivity index (χ2v) is 7.23. The number of anilines is 3. The number of aromatic amines is 1. The van der Waals surface area contributed by atoms with Crippen molar-refractivity contribution in [3.8, 4) is 11.3 Å². The van der Waals surface area contributed by atoms with E-state index in [1.807, 2.05) is 18.2 Å². The molecule has 0 bridgehead atoms. The molecule has 0 saturated carbocycles. The molecule has 2 aromatic carbocycles. The normalized spacial score (nSPS) is 16.4. The van der Waals surface area contributed by atoms with Crippen molar-refractivity contribution in [2.75, 3.05) is 43.4 Å². The van der Waals surface area contributed by atoms with E-state index < -0.39 is 0 Å². The van der Waals surface area contributed by atoms with Gasteiger partial charge in [-0.25, -0.2) is 0 Å². The summed E-state index contributed by atoms with van der Waals surface area (Å²) < 4.78 is 0. The number of benzene rings is 2. The average Bonchev–Trinajstić information content (AvgIpc) is 3.22. The summed E-state index contributed by atoms with van der Waals surface area (Å²) in [5.74, 6) is 0.934. The number of para-hydroxylation sites is 1. The van der Waals surface area contributed by atoms with Gasteiger partial charge in [-0.2, -0.15) is 5.10 Å². The van der Waals surface area contributed by atoms with Crippen molar-refractivity contribution < 1.29 is 0 Å². The summed E-state index contributed by atoms with van der Waals surface area (Å²) in [5, 5.41) is 11.2. The quantitative estimate of drug-likeness (QED) is 0.597. The highest BCUT2D eigenvalue weighted by Crippen LogP contribution is 2.40. The molecular formula is C21H23N5. The van der Waals surface area contributed by atoms with Gasteiger partial charge in [-0.05, 0) is 36.9 Å². The summed E-state index contributed by atoms with van der Waals surface area (Å²) >= 11 is 0. The van der Waals surface area contributed by atoms with Crippen LogP contribution in [0, 0.1) is 0 Å². The molecule has 1 saturated heterocycles. The molecule has 26 heavy (non-hydrogen) atoms. The fourth-order valence-electron chi connectivity index (χ4n) is 3.94. The number of likely N-dealkylation sites (N-methyl/N-ethyl adjacent to an activating group) is 1. The van der Waals surface area contributed by atoms with Crippen molar-refractivity contribution in [1.82, 2.24) is 15.1 Å². The molecule has 5 rings (SSSR count). The van der Waals surface area contributed by atoms with Crippen LogP contribution in [-0.2, 0) is 6.42 Å². The zero-order valence-electron chi connectivity index (χ0n) is 15.0. The van der Waals surface area contributed by atoms with Crippen molar-refractivity contribution in [1.29, 1.82) is 0 Å². The Labute approximate surface area is 153 Å². The number of hydrogen-bond donors (Lipinski definition) is 2. The number of nitrogens with one attached hydrogen (secondary N) is 2. The van der Waals surface area contributed by atoms with E-state index in [2.05, 4.69) is 62.7 Å². The van der Waals surface area contributed by atoms with Gasteiger partial charge in [0.05, 0.1) is 5.69 Å². The highest BCUT2D eigenvalue weighted by molar-refractivity contribution is 5.81. The minimum absolute atomic E-state index is 0.928. The zero-order valence-corrected chi connectivity index (χ0v) is 15.0. The Hall–Kier alpha value is -2.79. The Bertz CT molecular complexity index is 923. The highest BCUT2D eigenvalue weighted by atomic mass is 15.2. The zero-order chi connectivity index (χ0) is 17.5. The van der Waals surface area contributed by atoms with Gasteiger partial charge in [-0.15, -0.1) is 0 Å². The van der Waals surface area contributed by atoms with Gasteiger partial charge in [0.2, 0.25) is 0 Å². The SMILES string of the molecule is CN1CCN(c2ccc3c(c2)Cc2c(Nc4ccccc4)n[nH]c2-3)CC1. The van der Waals surface area contributed by atoms with E-state index in [-0.39, 0.29) is 0 Å². The number of rotatable bonds is 3. The molecule has 2 aliphatic rings. The monoisotopic (exact) mass is 345 g/mol. The first-order valence-electron chi connectivity index (χ1n) is 9.24. The van der Waals surface area contributed by atoms with Gasteiger partial charge in [0, 0.05) is 55.1 Å². The molecule has 5 heteroatoms. The topological polar surface area (TPSA) is 47.2 Å². The van der Waals surface area contributed by atoms with E-state index in [1.54, 1.807) is 0 Å². The smallest absolute Gasteiger partial charge is 0.156 e. The third-order valence-electron chi connectivity index (χ3n) is 5.50. The Kier molecular flexibility index (Phi) is 3.68. The molecule has 1 aliphatic heterocycles. The van der Waals surface area contributed by atoms with E-state index in [0.29, 0.717) is 0 Å². The summed E-state index contributed by atoms with van der Waals surface area (Å²) in [4.78, 5) is 4.89. The van der Waals surface area contributed by atoms with E-state index in [1.165, 1.54) is 22.4 Å². The Morgan fingerprint density at radius 1 is 1.00 bits per heavy atom. The van der Waals surface area contributed by atoms with Crippen LogP contribution >= 0.6 is 0 Å². The molecule has 0 unspecified atom stereocenters. The van der Waals surface area contributed by atoms with Gasteiger partial charge in [0.15, 0.2) is 5.82 Å². The number of hydrogen-bond acceptors (Lipinski definition) is 4. The first-order chi connectivity index (χ1) is 12.8. The van der Waals surface area contributed by atoms with Crippen LogP contribution < -0.4 is 10.2 Å². The second kappa shape index (κ2) is 6.18. The predicted molar refractivity (Wildman–Crippen MR) is 106 cm³/mol. The van der Waals surface area contributed by atoms with Gasteiger partial charge < -0.3 is 15.1 Å². The molecule has 2 heterocycles. The fourth-order valence-corrected chi connectivity index (χ4v) is 3.94. The molecule has 2 N–H and O–H groups in total. The van der Waals surface area contributed by atoms with E-state index in [9.17, 15) is 0 Å². The number of piperazine rings is 1. The van der Waals surface area contributed by atoms with Crippen molar-refractivity contribution in [3.05, 3.63) is 59.7 Å². The lowest BCUT2D eigenvalue weighted by molar-refractivity contribution is 0.313. The molecule has 0 spiro atoms. The van der Waals surface area contributed by atoms with E-state index in [4.69, 9.17) is 0 Å². The van der Waals surface area contributed by atoms with E-state index in [0.717, 1.165) is 49.8 Å². The van der Waals surface area contributed by atoms with Gasteiger partial charge in [-0.1, -0.05) is 24.3 Å². The van der Waals surface area contributed by atoms with Crippen LogP contribution in [0.15, 0.2) is 48.5 Å². The van der Waals surface area contributed by atoms with Gasteiger partial charge in [-0.3, -0.25) is 5.10 Å². The highest BCUT2D eigenvalue weighted by Gasteiger charge is 2.26. The van der Waals surface area contributed by atoms with Crippen LogP contribution in [0.25, 0.3) is 11.3 Å². The predicted octanol–water partition coefficient (Wildman–Crippen LogP) is 3.48. The Morgan fingerprint density at radius 3 is 2.62 bits per heavy atom. The summed E-state index contributed by atoms with van der Waals surface area (Å²) in [6.45, 7) is 4.46. The van der Waals surface area contributed by atoms with Crippen molar-refractivity contribution in [2.45, 2.75) is 6.42 Å². The minimum atomic E-state index is 0.928. The third-order valence-corrected chi connectivity index (χ3v) is 5.50. The second-order valence-electron chi connectivity index (χ2n) is 7.23. The van der Waals surface area contributed by atoms with Crippen LogP contribution in [0.3, 0.4) is 0 Å². The molecule has 0 radical (unpaired) electrons. The molecule has 3 aromatic rings. The summed E-state index contributed by atoms with van der Waals surface area (Å²) in [6, 6.07) is 17.1. The largest absolute Gasteiger partial charge is 0.369 e. The first kappa shape index (κ1) is 15.5. The number of H-pyrrole nitrogens is 1. The number of nitrogens with zero attached hydrogens (tertiary/aromatic N) is 3. The summed E-state index contributed by atoms with van der Waals surface area (Å²) in [6.07, 6.45) is 0.928. The lowest BCUT2D eigenvalue weighted by Gasteiger charge is -2.34. The van der Waals surface area contributed by atoms with Crippen LogP contribution in [0.5, 0.6) is 0 Å². The van der Waals surface area contributed by atoms with Gasteiger partial charge in [0.25, 0.3) is 0 Å². The molecule has 5 nitrogen and oxygen atoms in total. The maximum atomic E-state index is 4.50. The Balaban J connectivity index is 1.40. The maximum Gasteiger partial charge on any atom is 0.156 e. The van der Waals surface area contributed by atoms with Crippen LogP contribution in [0.4, 0.5) is 17.2 Å². The van der Waals surface area contributed by atoms with Crippen molar-refractivity contribution >= 4 is 17.2 Å². The number of fused-ring (bicyclic) bond motifs is 3. The lowest BCUT2D eigenvalue weighted by atomic mass is 10.1. The fraction of sp³-hybridized carbons (Fsp3) is 0.286. The minimum Gasteiger partial charge on any atom is -0.369 e. The van der Waals surface area contributed by atoms with Crippen LogP contribution in [0.2, 0.25) is 0 Å².